The van der Waals surface area contributed by atoms with E-state index in [2.05, 4.69) is 4.90 Å². The third-order valence-corrected chi connectivity index (χ3v) is 4.18. The Hall–Kier alpha value is -0.970. The topological polar surface area (TPSA) is 32.8 Å². The van der Waals surface area contributed by atoms with Crippen molar-refractivity contribution in [3.8, 4) is 5.75 Å². The van der Waals surface area contributed by atoms with E-state index in [0.29, 0.717) is 15.8 Å². The largest absolute Gasteiger partial charge is 0.479 e. The molecule has 110 valence electrons. The van der Waals surface area contributed by atoms with Gasteiger partial charge in [-0.05, 0) is 26.1 Å². The molecule has 1 atom stereocenters. The van der Waals surface area contributed by atoms with Crippen molar-refractivity contribution in [3.63, 3.8) is 0 Å². The van der Waals surface area contributed by atoms with Crippen LogP contribution in [0.3, 0.4) is 0 Å². The Bertz CT molecular complexity index is 488. The molecule has 2 rings (SSSR count). The second-order valence-electron chi connectivity index (χ2n) is 4.94. The summed E-state index contributed by atoms with van der Waals surface area (Å²) in [4.78, 5) is 16.3. The molecule has 1 aromatic rings. The van der Waals surface area contributed by atoms with E-state index in [-0.39, 0.29) is 5.91 Å². The van der Waals surface area contributed by atoms with Crippen LogP contribution in [0.1, 0.15) is 6.92 Å². The summed E-state index contributed by atoms with van der Waals surface area (Å²) in [5, 5.41) is 0.760. The van der Waals surface area contributed by atoms with Crippen molar-refractivity contribution in [1.29, 1.82) is 0 Å². The summed E-state index contributed by atoms with van der Waals surface area (Å²) in [6, 6.07) is 5.14. The first-order valence-electron chi connectivity index (χ1n) is 6.57. The summed E-state index contributed by atoms with van der Waals surface area (Å²) in [7, 11) is 2.05. The molecule has 1 aromatic carbocycles. The molecule has 0 saturated carbocycles. The Morgan fingerprint density at radius 2 is 1.90 bits per heavy atom. The fraction of sp³-hybridized carbons (Fsp3) is 0.500. The number of carbonyl (C=O) groups excluding carboxylic acids is 1. The summed E-state index contributed by atoms with van der Waals surface area (Å²) in [5.74, 6) is 0.420. The summed E-state index contributed by atoms with van der Waals surface area (Å²) < 4.78 is 5.65. The molecule has 1 amide bonds. The fourth-order valence-corrected chi connectivity index (χ4v) is 2.44. The Balaban J connectivity index is 1.99. The maximum atomic E-state index is 12.3. The number of carbonyl (C=O) groups is 1. The second kappa shape index (κ2) is 6.66. The first kappa shape index (κ1) is 15.4. The average Bonchev–Trinajstić information content (AvgIpc) is 2.44. The molecule has 1 fully saturated rings. The van der Waals surface area contributed by atoms with Crippen molar-refractivity contribution < 1.29 is 9.53 Å². The number of benzene rings is 1. The van der Waals surface area contributed by atoms with Gasteiger partial charge < -0.3 is 14.5 Å². The van der Waals surface area contributed by atoms with Gasteiger partial charge in [-0.2, -0.15) is 0 Å². The molecular formula is C14H18Cl2N2O2. The molecule has 0 aromatic heterocycles. The van der Waals surface area contributed by atoms with E-state index >= 15 is 0 Å². The van der Waals surface area contributed by atoms with E-state index in [4.69, 9.17) is 27.9 Å². The zero-order chi connectivity index (χ0) is 14.7. The van der Waals surface area contributed by atoms with Crippen LogP contribution in [0.25, 0.3) is 0 Å². The average molecular weight is 317 g/mol. The smallest absolute Gasteiger partial charge is 0.263 e. The van der Waals surface area contributed by atoms with Crippen LogP contribution in [0, 0.1) is 0 Å². The molecule has 1 aliphatic heterocycles. The Kier molecular flexibility index (Phi) is 5.13. The normalized spacial score (nSPS) is 17.9. The number of rotatable bonds is 3. The fourth-order valence-electron chi connectivity index (χ4n) is 2.10. The first-order chi connectivity index (χ1) is 9.49. The number of nitrogens with zero attached hydrogens (tertiary/aromatic N) is 2. The highest BCUT2D eigenvalue weighted by molar-refractivity contribution is 6.42. The summed E-state index contributed by atoms with van der Waals surface area (Å²) in [6.07, 6.45) is -0.575. The minimum absolute atomic E-state index is 0.0193. The van der Waals surface area contributed by atoms with Gasteiger partial charge in [0.1, 0.15) is 10.8 Å². The lowest BCUT2D eigenvalue weighted by atomic mass is 10.2. The molecule has 1 heterocycles. The third-order valence-electron chi connectivity index (χ3n) is 3.38. The van der Waals surface area contributed by atoms with E-state index in [1.165, 1.54) is 0 Å². The predicted molar refractivity (Wildman–Crippen MR) is 80.6 cm³/mol. The van der Waals surface area contributed by atoms with Crippen LogP contribution in [0.2, 0.25) is 10.0 Å². The standard InChI is InChI=1S/C14H18Cl2N2O2/c1-10(14(19)18-8-6-17(2)7-9-18)20-12-5-3-4-11(15)13(12)16/h3-5,10H,6-9H2,1-2H3/t10-/m0/s1. The SMILES string of the molecule is C[C@H](Oc1cccc(Cl)c1Cl)C(=O)N1CCN(C)CC1. The van der Waals surface area contributed by atoms with E-state index in [1.54, 1.807) is 25.1 Å². The van der Waals surface area contributed by atoms with Gasteiger partial charge in [-0.15, -0.1) is 0 Å². The van der Waals surface area contributed by atoms with Gasteiger partial charge in [-0.25, -0.2) is 0 Å². The van der Waals surface area contributed by atoms with Crippen molar-refractivity contribution in [2.24, 2.45) is 0 Å². The molecule has 4 nitrogen and oxygen atoms in total. The quantitative estimate of drug-likeness (QED) is 0.859. The maximum Gasteiger partial charge on any atom is 0.263 e. The number of amides is 1. The van der Waals surface area contributed by atoms with E-state index in [0.717, 1.165) is 26.2 Å². The highest BCUT2D eigenvalue weighted by atomic mass is 35.5. The zero-order valence-corrected chi connectivity index (χ0v) is 13.1. The van der Waals surface area contributed by atoms with Crippen molar-refractivity contribution in [2.75, 3.05) is 33.2 Å². The molecule has 0 aliphatic carbocycles. The van der Waals surface area contributed by atoms with Gasteiger partial charge >= 0.3 is 0 Å². The minimum Gasteiger partial charge on any atom is -0.479 e. The number of hydrogen-bond acceptors (Lipinski definition) is 3. The monoisotopic (exact) mass is 316 g/mol. The molecule has 6 heteroatoms. The molecular weight excluding hydrogens is 299 g/mol. The van der Waals surface area contributed by atoms with Crippen molar-refractivity contribution in [3.05, 3.63) is 28.2 Å². The predicted octanol–water partition coefficient (Wildman–Crippen LogP) is 2.53. The van der Waals surface area contributed by atoms with Crippen LogP contribution in [0.4, 0.5) is 0 Å². The van der Waals surface area contributed by atoms with E-state index in [9.17, 15) is 4.79 Å². The lowest BCUT2D eigenvalue weighted by Gasteiger charge is -2.33. The Morgan fingerprint density at radius 1 is 1.25 bits per heavy atom. The highest BCUT2D eigenvalue weighted by Crippen LogP contribution is 2.32. The van der Waals surface area contributed by atoms with Gasteiger partial charge in [-0.3, -0.25) is 4.79 Å². The summed E-state index contributed by atoms with van der Waals surface area (Å²) in [5.41, 5.74) is 0. The lowest BCUT2D eigenvalue weighted by Crippen LogP contribution is -2.50. The Labute approximate surface area is 129 Å². The van der Waals surface area contributed by atoms with Gasteiger partial charge in [-0.1, -0.05) is 29.3 Å². The summed E-state index contributed by atoms with van der Waals surface area (Å²) >= 11 is 12.0. The molecule has 0 unspecified atom stereocenters. The minimum atomic E-state index is -0.575. The van der Waals surface area contributed by atoms with Gasteiger partial charge in [0.2, 0.25) is 0 Å². The molecule has 0 N–H and O–H groups in total. The van der Waals surface area contributed by atoms with Gasteiger partial charge in [0, 0.05) is 26.2 Å². The van der Waals surface area contributed by atoms with E-state index < -0.39 is 6.10 Å². The van der Waals surface area contributed by atoms with Gasteiger partial charge in [0.05, 0.1) is 5.02 Å². The van der Waals surface area contributed by atoms with Crippen LogP contribution in [-0.2, 0) is 4.79 Å². The Morgan fingerprint density at radius 3 is 2.55 bits per heavy atom. The second-order valence-corrected chi connectivity index (χ2v) is 5.73. The summed E-state index contributed by atoms with van der Waals surface area (Å²) in [6.45, 7) is 4.96. The molecule has 0 radical (unpaired) electrons. The van der Waals surface area contributed by atoms with Crippen LogP contribution < -0.4 is 4.74 Å². The van der Waals surface area contributed by atoms with Crippen molar-refractivity contribution in [2.45, 2.75) is 13.0 Å². The zero-order valence-electron chi connectivity index (χ0n) is 11.6. The van der Waals surface area contributed by atoms with Crippen LogP contribution in [0.15, 0.2) is 18.2 Å². The van der Waals surface area contributed by atoms with Gasteiger partial charge in [0.15, 0.2) is 6.10 Å². The number of likely N-dealkylation sites (N-methyl/N-ethyl adjacent to an activating group) is 1. The lowest BCUT2D eigenvalue weighted by molar-refractivity contribution is -0.139. The van der Waals surface area contributed by atoms with Crippen molar-refractivity contribution in [1.82, 2.24) is 9.80 Å². The van der Waals surface area contributed by atoms with Crippen molar-refractivity contribution >= 4 is 29.1 Å². The molecule has 1 aliphatic rings. The van der Waals surface area contributed by atoms with E-state index in [1.807, 2.05) is 11.9 Å². The molecule has 0 spiro atoms. The molecule has 0 bridgehead atoms. The highest BCUT2D eigenvalue weighted by Gasteiger charge is 2.25. The van der Waals surface area contributed by atoms with Gasteiger partial charge in [0.25, 0.3) is 5.91 Å². The number of ether oxygens (including phenoxy) is 1. The number of piperazine rings is 1. The maximum absolute atomic E-state index is 12.3. The molecule has 20 heavy (non-hydrogen) atoms. The molecule has 1 saturated heterocycles. The van der Waals surface area contributed by atoms with Crippen LogP contribution in [0.5, 0.6) is 5.75 Å². The first-order valence-corrected chi connectivity index (χ1v) is 7.32. The number of hydrogen-bond donors (Lipinski definition) is 0. The van der Waals surface area contributed by atoms with Crippen LogP contribution >= 0.6 is 23.2 Å². The third kappa shape index (κ3) is 3.57. The number of halogens is 2. The van der Waals surface area contributed by atoms with Crippen LogP contribution in [-0.4, -0.2) is 55.0 Å².